The van der Waals surface area contributed by atoms with E-state index in [4.69, 9.17) is 27.9 Å². The number of nitrogens with one attached hydrogen (secondary N) is 1. The summed E-state index contributed by atoms with van der Waals surface area (Å²) in [5.41, 5.74) is 0.765. The lowest BCUT2D eigenvalue weighted by molar-refractivity contribution is -0.123. The third kappa shape index (κ3) is 3.98. The van der Waals surface area contributed by atoms with Crippen LogP contribution in [0.1, 0.15) is 17.3 Å². The fourth-order valence-corrected chi connectivity index (χ4v) is 2.85. The van der Waals surface area contributed by atoms with Crippen molar-refractivity contribution in [2.24, 2.45) is 0 Å². The molecule has 0 spiro atoms. The second-order valence-electron chi connectivity index (χ2n) is 5.69. The number of fused-ring (bicyclic) bond motifs is 1. The van der Waals surface area contributed by atoms with E-state index < -0.39 is 18.0 Å². The van der Waals surface area contributed by atoms with Crippen molar-refractivity contribution in [2.75, 3.05) is 5.32 Å². The number of hydrogen-bond donors (Lipinski definition) is 1. The average Bonchev–Trinajstić information content (AvgIpc) is 2.64. The second-order valence-corrected chi connectivity index (χ2v) is 6.53. The van der Waals surface area contributed by atoms with E-state index in [0.717, 1.165) is 10.8 Å². The van der Waals surface area contributed by atoms with Gasteiger partial charge < -0.3 is 10.1 Å². The number of esters is 1. The van der Waals surface area contributed by atoms with Gasteiger partial charge in [-0.05, 0) is 42.0 Å². The molecule has 26 heavy (non-hydrogen) atoms. The zero-order valence-electron chi connectivity index (χ0n) is 13.8. The first-order valence-electron chi connectivity index (χ1n) is 7.90. The van der Waals surface area contributed by atoms with Crippen LogP contribution in [0.3, 0.4) is 0 Å². The van der Waals surface area contributed by atoms with Crippen molar-refractivity contribution in [3.05, 3.63) is 76.3 Å². The van der Waals surface area contributed by atoms with Gasteiger partial charge in [0, 0.05) is 5.02 Å². The molecule has 0 aliphatic heterocycles. The fraction of sp³-hybridized carbons (Fsp3) is 0.100. The van der Waals surface area contributed by atoms with Gasteiger partial charge >= 0.3 is 5.97 Å². The summed E-state index contributed by atoms with van der Waals surface area (Å²) in [6.07, 6.45) is -1.00. The minimum Gasteiger partial charge on any atom is -0.449 e. The van der Waals surface area contributed by atoms with E-state index in [0.29, 0.717) is 21.3 Å². The first kappa shape index (κ1) is 18.2. The lowest BCUT2D eigenvalue weighted by Gasteiger charge is -2.15. The molecule has 0 saturated heterocycles. The molecule has 0 radical (unpaired) electrons. The molecule has 1 N–H and O–H groups in total. The number of hydrogen-bond acceptors (Lipinski definition) is 3. The molecule has 3 rings (SSSR count). The van der Waals surface area contributed by atoms with E-state index in [1.54, 1.807) is 24.3 Å². The number of halogens is 2. The quantitative estimate of drug-likeness (QED) is 0.615. The SMILES string of the molecule is CC(OC(=O)c1cccc2ccccc12)C(=O)Nc1cc(Cl)ccc1Cl. The van der Waals surface area contributed by atoms with Gasteiger partial charge in [0.1, 0.15) is 0 Å². The highest BCUT2D eigenvalue weighted by atomic mass is 35.5. The third-order valence-electron chi connectivity index (χ3n) is 3.85. The Bertz CT molecular complexity index is 982. The van der Waals surface area contributed by atoms with Crippen LogP contribution in [0.4, 0.5) is 5.69 Å². The first-order chi connectivity index (χ1) is 12.5. The summed E-state index contributed by atoms with van der Waals surface area (Å²) in [6, 6.07) is 17.5. The second kappa shape index (κ2) is 7.77. The maximum absolute atomic E-state index is 12.5. The number of ether oxygens (including phenoxy) is 1. The Balaban J connectivity index is 1.74. The predicted molar refractivity (Wildman–Crippen MR) is 104 cm³/mol. The topological polar surface area (TPSA) is 55.4 Å². The van der Waals surface area contributed by atoms with Gasteiger partial charge in [0.2, 0.25) is 0 Å². The number of carbonyl (C=O) groups excluding carboxylic acids is 2. The Kier molecular flexibility index (Phi) is 5.45. The first-order valence-corrected chi connectivity index (χ1v) is 8.66. The van der Waals surface area contributed by atoms with Crippen LogP contribution >= 0.6 is 23.2 Å². The molecule has 1 unspecified atom stereocenters. The molecular weight excluding hydrogens is 373 g/mol. The van der Waals surface area contributed by atoms with E-state index in [2.05, 4.69) is 5.32 Å². The van der Waals surface area contributed by atoms with Crippen LogP contribution in [0.2, 0.25) is 10.0 Å². The van der Waals surface area contributed by atoms with Crippen molar-refractivity contribution < 1.29 is 14.3 Å². The van der Waals surface area contributed by atoms with Crippen molar-refractivity contribution in [3.8, 4) is 0 Å². The predicted octanol–water partition coefficient (Wildman–Crippen LogP) is 5.33. The van der Waals surface area contributed by atoms with Crippen LogP contribution in [-0.2, 0) is 9.53 Å². The molecule has 1 atom stereocenters. The highest BCUT2D eigenvalue weighted by Gasteiger charge is 2.21. The Morgan fingerprint density at radius 3 is 2.54 bits per heavy atom. The van der Waals surface area contributed by atoms with Crippen LogP contribution in [0, 0.1) is 0 Å². The number of carbonyl (C=O) groups is 2. The van der Waals surface area contributed by atoms with E-state index >= 15 is 0 Å². The summed E-state index contributed by atoms with van der Waals surface area (Å²) in [6.45, 7) is 1.50. The van der Waals surface area contributed by atoms with E-state index in [1.165, 1.54) is 13.0 Å². The molecule has 0 aliphatic rings. The van der Waals surface area contributed by atoms with Gasteiger partial charge in [-0.1, -0.05) is 59.6 Å². The maximum Gasteiger partial charge on any atom is 0.339 e. The molecular formula is C20H15Cl2NO3. The normalized spacial score (nSPS) is 11.8. The van der Waals surface area contributed by atoms with E-state index in [9.17, 15) is 9.59 Å². The molecule has 0 aromatic heterocycles. The number of benzene rings is 3. The van der Waals surface area contributed by atoms with Crippen LogP contribution in [-0.4, -0.2) is 18.0 Å². The van der Waals surface area contributed by atoms with Crippen molar-refractivity contribution in [2.45, 2.75) is 13.0 Å². The van der Waals surface area contributed by atoms with E-state index in [-0.39, 0.29) is 0 Å². The van der Waals surface area contributed by atoms with Crippen LogP contribution in [0.5, 0.6) is 0 Å². The Labute approximate surface area is 160 Å². The van der Waals surface area contributed by atoms with Crippen molar-refractivity contribution in [1.82, 2.24) is 0 Å². The van der Waals surface area contributed by atoms with Gasteiger partial charge in [-0.3, -0.25) is 4.79 Å². The Morgan fingerprint density at radius 1 is 1.00 bits per heavy atom. The summed E-state index contributed by atoms with van der Waals surface area (Å²) >= 11 is 11.9. The van der Waals surface area contributed by atoms with E-state index in [1.807, 2.05) is 30.3 Å². The number of rotatable bonds is 4. The molecule has 1 amide bonds. The Hall–Kier alpha value is -2.56. The lowest BCUT2D eigenvalue weighted by Crippen LogP contribution is -2.30. The molecule has 0 fully saturated rings. The molecule has 0 heterocycles. The van der Waals surface area contributed by atoms with Gasteiger partial charge in [-0.15, -0.1) is 0 Å². The van der Waals surface area contributed by atoms with Crippen LogP contribution in [0.25, 0.3) is 10.8 Å². The Morgan fingerprint density at radius 2 is 1.73 bits per heavy atom. The van der Waals surface area contributed by atoms with Crippen LogP contribution < -0.4 is 5.32 Å². The van der Waals surface area contributed by atoms with Crippen LogP contribution in [0.15, 0.2) is 60.7 Å². The molecule has 0 aliphatic carbocycles. The summed E-state index contributed by atoms with van der Waals surface area (Å²) in [4.78, 5) is 24.8. The molecule has 0 saturated carbocycles. The largest absolute Gasteiger partial charge is 0.449 e. The van der Waals surface area contributed by atoms with Crippen molar-refractivity contribution in [3.63, 3.8) is 0 Å². The zero-order chi connectivity index (χ0) is 18.7. The summed E-state index contributed by atoms with van der Waals surface area (Å²) < 4.78 is 5.32. The highest BCUT2D eigenvalue weighted by Crippen LogP contribution is 2.26. The standard InChI is InChI=1S/C20H15Cl2NO3/c1-12(19(24)23-18-11-14(21)9-10-17(18)22)26-20(25)16-8-4-6-13-5-2-3-7-15(13)16/h2-12H,1H3,(H,23,24). The molecule has 0 bridgehead atoms. The van der Waals surface area contributed by atoms with Gasteiger partial charge in [0.15, 0.2) is 6.10 Å². The van der Waals surface area contributed by atoms with Gasteiger partial charge in [-0.2, -0.15) is 0 Å². The molecule has 3 aromatic rings. The molecule has 3 aromatic carbocycles. The third-order valence-corrected chi connectivity index (χ3v) is 4.41. The molecule has 4 nitrogen and oxygen atoms in total. The molecule has 6 heteroatoms. The van der Waals surface area contributed by atoms with Gasteiger partial charge in [-0.25, -0.2) is 4.79 Å². The van der Waals surface area contributed by atoms with Crippen molar-refractivity contribution >= 4 is 51.5 Å². The zero-order valence-corrected chi connectivity index (χ0v) is 15.3. The summed E-state index contributed by atoms with van der Waals surface area (Å²) in [5.74, 6) is -1.07. The number of anilines is 1. The summed E-state index contributed by atoms with van der Waals surface area (Å²) in [5, 5.41) is 5.08. The van der Waals surface area contributed by atoms with Gasteiger partial charge in [0.25, 0.3) is 5.91 Å². The number of amides is 1. The smallest absolute Gasteiger partial charge is 0.339 e. The average molecular weight is 388 g/mol. The maximum atomic E-state index is 12.5. The fourth-order valence-electron chi connectivity index (χ4n) is 2.51. The van der Waals surface area contributed by atoms with Gasteiger partial charge in [0.05, 0.1) is 16.3 Å². The minimum absolute atomic E-state index is 0.343. The monoisotopic (exact) mass is 387 g/mol. The highest BCUT2D eigenvalue weighted by molar-refractivity contribution is 6.35. The minimum atomic E-state index is -1.00. The van der Waals surface area contributed by atoms with Crippen molar-refractivity contribution in [1.29, 1.82) is 0 Å². The lowest BCUT2D eigenvalue weighted by atomic mass is 10.0. The summed E-state index contributed by atoms with van der Waals surface area (Å²) in [7, 11) is 0. The molecule has 132 valence electrons.